The minimum absolute atomic E-state index is 0.318. The molecule has 0 N–H and O–H groups in total. The van der Waals surface area contributed by atoms with E-state index in [2.05, 4.69) is 72.8 Å². The molecule has 0 aliphatic heterocycles. The van der Waals surface area contributed by atoms with Crippen LogP contribution in [0.25, 0.3) is 0 Å². The molecule has 3 rings (SSSR count). The molecule has 1 radical (unpaired) electrons. The van der Waals surface area contributed by atoms with Gasteiger partial charge in [0.25, 0.3) is 0 Å². The predicted octanol–water partition coefficient (Wildman–Crippen LogP) is 4.87. The topological polar surface area (TPSA) is 9.23 Å². The standard InChI is InChI=1S/C21H19O/c1-22-21-15-9-8-14-19(21)16-20(17-10-4-2-5-11-17)18-12-6-3-7-13-18/h2-8,10-15,20H,16H2,1H3. The Morgan fingerprint density at radius 1 is 0.864 bits per heavy atom. The average molecular weight is 287 g/mol. The van der Waals surface area contributed by atoms with Gasteiger partial charge in [-0.1, -0.05) is 72.8 Å². The number of hydrogen-bond acceptors (Lipinski definition) is 1. The SMILES string of the molecule is COc1c[c]ccc1CC(c1ccccc1)c1ccccc1. The van der Waals surface area contributed by atoms with Crippen LogP contribution in [0.4, 0.5) is 0 Å². The molecule has 109 valence electrons. The van der Waals surface area contributed by atoms with E-state index in [-0.39, 0.29) is 0 Å². The van der Waals surface area contributed by atoms with Gasteiger partial charge in [-0.25, -0.2) is 0 Å². The minimum atomic E-state index is 0.318. The maximum Gasteiger partial charge on any atom is 0.122 e. The zero-order valence-electron chi connectivity index (χ0n) is 12.7. The first-order valence-electron chi connectivity index (χ1n) is 7.51. The first kappa shape index (κ1) is 14.4. The Hall–Kier alpha value is -2.54. The van der Waals surface area contributed by atoms with Gasteiger partial charge in [0.1, 0.15) is 5.75 Å². The van der Waals surface area contributed by atoms with Gasteiger partial charge >= 0.3 is 0 Å². The Balaban J connectivity index is 1.99. The zero-order valence-corrected chi connectivity index (χ0v) is 12.7. The maximum absolute atomic E-state index is 5.49. The van der Waals surface area contributed by atoms with Crippen LogP contribution in [0, 0.1) is 6.07 Å². The van der Waals surface area contributed by atoms with Crippen molar-refractivity contribution in [1.82, 2.24) is 0 Å². The molecule has 0 fully saturated rings. The van der Waals surface area contributed by atoms with Crippen molar-refractivity contribution < 1.29 is 4.74 Å². The number of methoxy groups -OCH3 is 1. The second kappa shape index (κ2) is 6.95. The van der Waals surface area contributed by atoms with Crippen LogP contribution in [-0.2, 0) is 6.42 Å². The van der Waals surface area contributed by atoms with E-state index in [0.29, 0.717) is 5.92 Å². The zero-order chi connectivity index (χ0) is 15.2. The molecule has 0 amide bonds. The second-order valence-corrected chi connectivity index (χ2v) is 5.32. The highest BCUT2D eigenvalue weighted by atomic mass is 16.5. The van der Waals surface area contributed by atoms with Crippen LogP contribution in [0.2, 0.25) is 0 Å². The van der Waals surface area contributed by atoms with Gasteiger partial charge in [0.2, 0.25) is 0 Å². The molecule has 0 saturated heterocycles. The predicted molar refractivity (Wildman–Crippen MR) is 90.3 cm³/mol. The van der Waals surface area contributed by atoms with Crippen molar-refractivity contribution in [2.75, 3.05) is 7.11 Å². The van der Waals surface area contributed by atoms with E-state index in [1.807, 2.05) is 12.1 Å². The Morgan fingerprint density at radius 2 is 1.45 bits per heavy atom. The molecule has 0 heterocycles. The first-order valence-corrected chi connectivity index (χ1v) is 7.51. The van der Waals surface area contributed by atoms with Crippen LogP contribution in [0.1, 0.15) is 22.6 Å². The van der Waals surface area contributed by atoms with Crippen molar-refractivity contribution in [2.24, 2.45) is 0 Å². The third-order valence-corrected chi connectivity index (χ3v) is 3.96. The fraction of sp³-hybridized carbons (Fsp3) is 0.143. The number of rotatable bonds is 5. The monoisotopic (exact) mass is 287 g/mol. The lowest BCUT2D eigenvalue weighted by atomic mass is 9.86. The smallest absolute Gasteiger partial charge is 0.122 e. The highest BCUT2D eigenvalue weighted by Gasteiger charge is 2.16. The normalized spacial score (nSPS) is 10.6. The van der Waals surface area contributed by atoms with Gasteiger partial charge in [0, 0.05) is 5.92 Å². The summed E-state index contributed by atoms with van der Waals surface area (Å²) in [7, 11) is 1.71. The van der Waals surface area contributed by atoms with E-state index in [9.17, 15) is 0 Å². The number of ether oxygens (including phenoxy) is 1. The lowest BCUT2D eigenvalue weighted by Gasteiger charge is -2.19. The summed E-state index contributed by atoms with van der Waals surface area (Å²) in [5, 5.41) is 0. The van der Waals surface area contributed by atoms with Crippen LogP contribution in [0.5, 0.6) is 5.75 Å². The van der Waals surface area contributed by atoms with Gasteiger partial charge in [-0.05, 0) is 35.2 Å². The van der Waals surface area contributed by atoms with Gasteiger partial charge in [-0.2, -0.15) is 0 Å². The third-order valence-electron chi connectivity index (χ3n) is 3.96. The fourth-order valence-corrected chi connectivity index (χ4v) is 2.82. The summed E-state index contributed by atoms with van der Waals surface area (Å²) < 4.78 is 5.49. The summed E-state index contributed by atoms with van der Waals surface area (Å²) in [5.74, 6) is 1.22. The van der Waals surface area contributed by atoms with E-state index in [0.717, 1.165) is 12.2 Å². The van der Waals surface area contributed by atoms with Crippen LogP contribution >= 0.6 is 0 Å². The fourth-order valence-electron chi connectivity index (χ4n) is 2.82. The quantitative estimate of drug-likeness (QED) is 0.650. The average Bonchev–Trinajstić information content (AvgIpc) is 2.61. The number of hydrogen-bond donors (Lipinski definition) is 0. The summed E-state index contributed by atoms with van der Waals surface area (Å²) >= 11 is 0. The Morgan fingerprint density at radius 3 is 2.00 bits per heavy atom. The number of benzene rings is 3. The molecule has 0 spiro atoms. The molecule has 0 saturated carbocycles. The van der Waals surface area contributed by atoms with Gasteiger partial charge in [0.05, 0.1) is 7.11 Å². The summed E-state index contributed by atoms with van der Waals surface area (Å²) in [6.07, 6.45) is 0.909. The van der Waals surface area contributed by atoms with Crippen molar-refractivity contribution in [1.29, 1.82) is 0 Å². The summed E-state index contributed by atoms with van der Waals surface area (Å²) in [5.41, 5.74) is 3.85. The molecular formula is C21H19O. The molecule has 0 atom stereocenters. The first-order chi connectivity index (χ1) is 10.9. The lowest BCUT2D eigenvalue weighted by molar-refractivity contribution is 0.408. The summed E-state index contributed by atoms with van der Waals surface area (Å²) in [4.78, 5) is 0. The Labute approximate surface area is 132 Å². The van der Waals surface area contributed by atoms with Gasteiger partial charge in [-0.15, -0.1) is 0 Å². The largest absolute Gasteiger partial charge is 0.496 e. The molecule has 0 aromatic heterocycles. The van der Waals surface area contributed by atoms with Crippen LogP contribution < -0.4 is 4.74 Å². The summed E-state index contributed by atoms with van der Waals surface area (Å²) in [6, 6.07) is 30.3. The van der Waals surface area contributed by atoms with Gasteiger partial charge < -0.3 is 4.74 Å². The molecule has 22 heavy (non-hydrogen) atoms. The molecule has 1 nitrogen and oxygen atoms in total. The Kier molecular flexibility index (Phi) is 4.55. The highest BCUT2D eigenvalue weighted by molar-refractivity contribution is 5.39. The molecule has 3 aromatic rings. The van der Waals surface area contributed by atoms with Crippen molar-refractivity contribution >= 4 is 0 Å². The van der Waals surface area contributed by atoms with Crippen molar-refractivity contribution in [3.63, 3.8) is 0 Å². The summed E-state index contributed by atoms with van der Waals surface area (Å²) in [6.45, 7) is 0. The molecule has 0 aliphatic carbocycles. The lowest BCUT2D eigenvalue weighted by Crippen LogP contribution is -2.06. The van der Waals surface area contributed by atoms with Crippen LogP contribution in [0.15, 0.2) is 78.9 Å². The van der Waals surface area contributed by atoms with E-state index >= 15 is 0 Å². The molecule has 0 bridgehead atoms. The third kappa shape index (κ3) is 3.20. The Bertz CT molecular complexity index is 665. The van der Waals surface area contributed by atoms with Crippen molar-refractivity contribution in [3.8, 4) is 5.75 Å². The van der Waals surface area contributed by atoms with Crippen LogP contribution in [0.3, 0.4) is 0 Å². The van der Waals surface area contributed by atoms with Crippen LogP contribution in [-0.4, -0.2) is 7.11 Å². The minimum Gasteiger partial charge on any atom is -0.496 e. The van der Waals surface area contributed by atoms with Gasteiger partial charge in [0.15, 0.2) is 0 Å². The highest BCUT2D eigenvalue weighted by Crippen LogP contribution is 2.31. The molecule has 1 heteroatoms. The molecule has 0 aliphatic rings. The van der Waals surface area contributed by atoms with E-state index < -0.39 is 0 Å². The van der Waals surface area contributed by atoms with Gasteiger partial charge in [-0.3, -0.25) is 0 Å². The van der Waals surface area contributed by atoms with Crippen molar-refractivity contribution in [3.05, 3.63) is 102 Å². The second-order valence-electron chi connectivity index (χ2n) is 5.32. The van der Waals surface area contributed by atoms with E-state index in [1.165, 1.54) is 16.7 Å². The van der Waals surface area contributed by atoms with E-state index in [1.54, 1.807) is 7.11 Å². The molecular weight excluding hydrogens is 268 g/mol. The van der Waals surface area contributed by atoms with Crippen molar-refractivity contribution in [2.45, 2.75) is 12.3 Å². The van der Waals surface area contributed by atoms with E-state index in [4.69, 9.17) is 4.74 Å². The molecule has 0 unspecified atom stereocenters. The maximum atomic E-state index is 5.49. The molecule has 3 aromatic carbocycles.